The van der Waals surface area contributed by atoms with Crippen LogP contribution in [0.5, 0.6) is 0 Å². The summed E-state index contributed by atoms with van der Waals surface area (Å²) >= 11 is 0. The molecule has 1 aliphatic rings. The molecule has 0 bridgehead atoms. The molecule has 0 radical (unpaired) electrons. The second-order valence-corrected chi connectivity index (χ2v) is 33.9. The Kier molecular flexibility index (Phi) is 16.8. The maximum absolute atomic E-state index is 2.50. The van der Waals surface area contributed by atoms with Crippen molar-refractivity contribution >= 4 is 129 Å². The summed E-state index contributed by atoms with van der Waals surface area (Å²) in [5.41, 5.74) is 27.8. The zero-order valence-electron chi connectivity index (χ0n) is 68.2. The molecule has 0 amide bonds. The molecule has 24 aromatic rings. The molecule has 0 saturated heterocycles. The molecule has 0 unspecified atom stereocenters. The second-order valence-electron chi connectivity index (χ2n) is 33.9. The Labute approximate surface area is 714 Å². The number of benzene rings is 24. The van der Waals surface area contributed by atoms with Gasteiger partial charge in [-0.1, -0.05) is 420 Å². The Morgan fingerprint density at radius 2 is 0.333 bits per heavy atom. The Balaban J connectivity index is 0.000000139. The van der Waals surface area contributed by atoms with Gasteiger partial charge in [-0.05, 0) is 294 Å². The van der Waals surface area contributed by atoms with Crippen LogP contribution in [0.15, 0.2) is 449 Å². The normalized spacial score (nSPS) is 12.4. The van der Waals surface area contributed by atoms with E-state index in [1.54, 1.807) is 0 Å². The zero-order valence-corrected chi connectivity index (χ0v) is 68.2. The maximum atomic E-state index is 2.50. The minimum Gasteiger partial charge on any atom is -0.0622 e. The number of fused-ring (bicyclic) bond motifs is 15. The van der Waals surface area contributed by atoms with Gasteiger partial charge in [0.1, 0.15) is 0 Å². The number of hydrogen-bond donors (Lipinski definition) is 0. The lowest BCUT2D eigenvalue weighted by Gasteiger charge is -2.23. The van der Waals surface area contributed by atoms with E-state index in [4.69, 9.17) is 0 Å². The van der Waals surface area contributed by atoms with Crippen molar-refractivity contribution < 1.29 is 0 Å². The predicted octanol–water partition coefficient (Wildman–Crippen LogP) is 34.5. The van der Waals surface area contributed by atoms with Crippen LogP contribution in [0.1, 0.15) is 25.0 Å². The topological polar surface area (TPSA) is 0 Å². The van der Waals surface area contributed by atoms with Crippen molar-refractivity contribution in [2.45, 2.75) is 19.3 Å². The summed E-state index contributed by atoms with van der Waals surface area (Å²) in [6.45, 7) is 4.75. The van der Waals surface area contributed by atoms with E-state index in [0.29, 0.717) is 0 Å². The standard InChI is InChI=1S/C63H42.C60H38/c1-63(2)57-26-14-13-19-47(57)48-33-31-46(38-58(48)63)61-51-22-9-7-20-49(51)60(50-21-8-10-23-52(50)61)45-32-34-55-56(37-45)62(44-30-28-40-16-4-6-18-42(40)36-44)54-25-12-11-24-53(54)59(55)43-29-27-39-15-3-5-17-41(39)35-43;1-2-14-39(15-3-1)42-26-30-43(31-27-42)57-49-20-8-10-22-51(49)59(52-23-11-9-21-50(52)57)48-34-35-55-56(38-48)60(47-33-29-41-17-5-7-19-45(41)37-47)54-25-13-12-24-53(54)58(55)46-32-28-40-16-4-6-18-44(40)36-46/h3-38H,1-2H3;1-38H. The molecule has 0 saturated carbocycles. The van der Waals surface area contributed by atoms with Crippen LogP contribution in [0.3, 0.4) is 0 Å². The van der Waals surface area contributed by atoms with Crippen LogP contribution in [-0.2, 0) is 5.41 Å². The highest BCUT2D eigenvalue weighted by Gasteiger charge is 2.36. The number of hydrogen-bond acceptors (Lipinski definition) is 0. The van der Waals surface area contributed by atoms with Crippen LogP contribution >= 0.6 is 0 Å². The van der Waals surface area contributed by atoms with Crippen molar-refractivity contribution in [2.75, 3.05) is 0 Å². The van der Waals surface area contributed by atoms with Gasteiger partial charge in [0.2, 0.25) is 0 Å². The quantitative estimate of drug-likeness (QED) is 0.126. The first-order valence-corrected chi connectivity index (χ1v) is 43.0. The van der Waals surface area contributed by atoms with Crippen molar-refractivity contribution in [3.63, 3.8) is 0 Å². The first-order chi connectivity index (χ1) is 60.8. The highest BCUT2D eigenvalue weighted by atomic mass is 14.4. The second kappa shape index (κ2) is 28.9. The smallest absolute Gasteiger partial charge is 0.0159 e. The fourth-order valence-electron chi connectivity index (χ4n) is 21.1. The van der Waals surface area contributed by atoms with Gasteiger partial charge in [0.05, 0.1) is 0 Å². The third kappa shape index (κ3) is 11.7. The van der Waals surface area contributed by atoms with Crippen molar-refractivity contribution in [1.82, 2.24) is 0 Å². The van der Waals surface area contributed by atoms with E-state index in [1.807, 2.05) is 0 Å². The first-order valence-electron chi connectivity index (χ1n) is 43.0. The monoisotopic (exact) mass is 1560 g/mol. The molecule has 25 rings (SSSR count). The minimum absolute atomic E-state index is 0.0861. The van der Waals surface area contributed by atoms with Gasteiger partial charge in [-0.25, -0.2) is 0 Å². The lowest BCUT2D eigenvalue weighted by molar-refractivity contribution is 0.660. The summed E-state index contributed by atoms with van der Waals surface area (Å²) in [4.78, 5) is 0. The number of rotatable bonds is 9. The fraction of sp³-hybridized carbons (Fsp3) is 0.0244. The Hall–Kier alpha value is -15.6. The molecule has 572 valence electrons. The molecule has 0 heterocycles. The summed E-state index contributed by atoms with van der Waals surface area (Å²) in [5.74, 6) is 0. The summed E-state index contributed by atoms with van der Waals surface area (Å²) in [5, 5.41) is 30.1. The summed E-state index contributed by atoms with van der Waals surface area (Å²) in [6.07, 6.45) is 0. The maximum Gasteiger partial charge on any atom is 0.0159 e. The van der Waals surface area contributed by atoms with Crippen molar-refractivity contribution in [1.29, 1.82) is 0 Å². The summed E-state index contributed by atoms with van der Waals surface area (Å²) in [6, 6.07) is 167. The van der Waals surface area contributed by atoms with E-state index in [9.17, 15) is 0 Å². The Morgan fingerprint density at radius 3 is 0.675 bits per heavy atom. The van der Waals surface area contributed by atoms with Crippen LogP contribution in [0.25, 0.3) is 241 Å². The summed E-state index contributed by atoms with van der Waals surface area (Å²) in [7, 11) is 0. The third-order valence-electron chi connectivity index (χ3n) is 26.8. The lowest BCUT2D eigenvalue weighted by atomic mass is 9.80. The average Bonchev–Trinajstić information content (AvgIpc) is 1.19. The molecule has 0 nitrogen and oxygen atoms in total. The van der Waals surface area contributed by atoms with Crippen LogP contribution < -0.4 is 0 Å². The zero-order chi connectivity index (χ0) is 81.4. The molecule has 0 spiro atoms. The van der Waals surface area contributed by atoms with Gasteiger partial charge in [0.25, 0.3) is 0 Å². The highest BCUT2D eigenvalue weighted by molar-refractivity contribution is 6.28. The molecule has 0 atom stereocenters. The largest absolute Gasteiger partial charge is 0.0622 e. The van der Waals surface area contributed by atoms with E-state index < -0.39 is 0 Å². The Morgan fingerprint density at radius 1 is 0.122 bits per heavy atom. The molecule has 0 aliphatic heterocycles. The molecule has 0 N–H and O–H groups in total. The molecule has 24 aromatic carbocycles. The van der Waals surface area contributed by atoms with Crippen molar-refractivity contribution in [2.24, 2.45) is 0 Å². The van der Waals surface area contributed by atoms with Crippen LogP contribution in [-0.4, -0.2) is 0 Å². The van der Waals surface area contributed by atoms with Crippen LogP contribution in [0.2, 0.25) is 0 Å². The van der Waals surface area contributed by atoms with Crippen molar-refractivity contribution in [3.8, 4) is 111 Å². The molecular weight excluding hydrogens is 1480 g/mol. The van der Waals surface area contributed by atoms with Gasteiger partial charge in [0.15, 0.2) is 0 Å². The van der Waals surface area contributed by atoms with E-state index in [0.717, 1.165) is 0 Å². The molecule has 1 aliphatic carbocycles. The van der Waals surface area contributed by atoms with Crippen LogP contribution in [0, 0.1) is 0 Å². The van der Waals surface area contributed by atoms with Gasteiger partial charge in [-0.15, -0.1) is 0 Å². The third-order valence-corrected chi connectivity index (χ3v) is 26.8. The van der Waals surface area contributed by atoms with E-state index >= 15 is 0 Å². The average molecular weight is 1560 g/mol. The van der Waals surface area contributed by atoms with E-state index in [-0.39, 0.29) is 5.41 Å². The SMILES string of the molecule is CC1(C)c2ccccc2-c2ccc(-c3c4ccccc4c(-c4ccc5c(-c6ccc7ccccc7c6)c6ccccc6c(-c6ccc7ccccc7c6)c5c4)c4ccccc34)cc21.c1ccc(-c2ccc(-c3c4ccccc4c(-c4ccc5c(-c6ccc7ccccc7c6)c6ccccc6c(-c6ccc7ccccc7c6)c5c4)c4ccccc34)cc2)cc1. The van der Waals surface area contributed by atoms with E-state index in [2.05, 4.69) is 463 Å². The highest BCUT2D eigenvalue weighted by Crippen LogP contribution is 2.55. The molecular formula is C123H80. The van der Waals surface area contributed by atoms with Gasteiger partial charge >= 0.3 is 0 Å². The lowest BCUT2D eigenvalue weighted by Crippen LogP contribution is -2.14. The molecule has 0 aromatic heterocycles. The van der Waals surface area contributed by atoms with Gasteiger partial charge < -0.3 is 0 Å². The predicted molar refractivity (Wildman–Crippen MR) is 529 cm³/mol. The van der Waals surface area contributed by atoms with Crippen LogP contribution in [0.4, 0.5) is 0 Å². The fourth-order valence-corrected chi connectivity index (χ4v) is 21.1. The van der Waals surface area contributed by atoms with Gasteiger partial charge in [-0.2, -0.15) is 0 Å². The van der Waals surface area contributed by atoms with Gasteiger partial charge in [0, 0.05) is 5.41 Å². The minimum atomic E-state index is -0.0861. The van der Waals surface area contributed by atoms with Crippen molar-refractivity contribution in [3.05, 3.63) is 460 Å². The molecule has 0 heteroatoms. The molecule has 0 fully saturated rings. The first kappa shape index (κ1) is 71.5. The Bertz CT molecular complexity index is 8400. The van der Waals surface area contributed by atoms with E-state index in [1.165, 1.54) is 252 Å². The summed E-state index contributed by atoms with van der Waals surface area (Å²) < 4.78 is 0. The van der Waals surface area contributed by atoms with Gasteiger partial charge in [-0.3, -0.25) is 0 Å². The molecule has 123 heavy (non-hydrogen) atoms.